The number of thiophene rings is 1. The summed E-state index contributed by atoms with van der Waals surface area (Å²) >= 11 is 1.07. The molecule has 1 saturated heterocycles. The minimum absolute atomic E-state index is 0.106. The van der Waals surface area contributed by atoms with E-state index in [0.29, 0.717) is 15.4 Å². The third kappa shape index (κ3) is 5.15. The average Bonchev–Trinajstić information content (AvgIpc) is 3.27. The number of ether oxygens (including phenoxy) is 2. The topological polar surface area (TPSA) is 119 Å². The lowest BCUT2D eigenvalue weighted by Gasteiger charge is -2.14. The van der Waals surface area contributed by atoms with Crippen LogP contribution in [-0.2, 0) is 23.9 Å². The van der Waals surface area contributed by atoms with Crippen LogP contribution >= 0.6 is 11.3 Å². The van der Waals surface area contributed by atoms with Gasteiger partial charge in [0.2, 0.25) is 11.8 Å². The van der Waals surface area contributed by atoms with Gasteiger partial charge in [0.25, 0.3) is 5.91 Å². The highest BCUT2D eigenvalue weighted by molar-refractivity contribution is 7.18. The molecule has 0 spiro atoms. The van der Waals surface area contributed by atoms with E-state index < -0.39 is 24.5 Å². The van der Waals surface area contributed by atoms with Crippen LogP contribution in [0.3, 0.4) is 0 Å². The van der Waals surface area contributed by atoms with Crippen LogP contribution < -0.4 is 10.2 Å². The largest absolute Gasteiger partial charge is 0.462 e. The van der Waals surface area contributed by atoms with Crippen LogP contribution in [0.2, 0.25) is 0 Å². The molecule has 0 saturated carbocycles. The highest BCUT2D eigenvalue weighted by atomic mass is 32.1. The van der Waals surface area contributed by atoms with Gasteiger partial charge in [-0.3, -0.25) is 19.3 Å². The zero-order chi connectivity index (χ0) is 22.5. The van der Waals surface area contributed by atoms with Gasteiger partial charge in [0.1, 0.15) is 4.88 Å². The second-order valence-electron chi connectivity index (χ2n) is 6.64. The first-order valence-corrected chi connectivity index (χ1v) is 10.3. The van der Waals surface area contributed by atoms with Gasteiger partial charge in [-0.1, -0.05) is 6.07 Å². The molecule has 9 nitrogen and oxygen atoms in total. The zero-order valence-electron chi connectivity index (χ0n) is 16.9. The van der Waals surface area contributed by atoms with E-state index >= 15 is 0 Å². The van der Waals surface area contributed by atoms with E-state index in [-0.39, 0.29) is 42.5 Å². The Hall–Kier alpha value is -3.53. The third-order valence-electron chi connectivity index (χ3n) is 4.37. The Morgan fingerprint density at radius 2 is 1.77 bits per heavy atom. The number of hydrogen-bond donors (Lipinski definition) is 1. The van der Waals surface area contributed by atoms with Gasteiger partial charge in [-0.2, -0.15) is 0 Å². The Morgan fingerprint density at radius 3 is 2.45 bits per heavy atom. The van der Waals surface area contributed by atoms with E-state index in [1.807, 2.05) is 0 Å². The Bertz CT molecular complexity index is 1040. The fourth-order valence-electron chi connectivity index (χ4n) is 2.97. The molecule has 1 aliphatic rings. The van der Waals surface area contributed by atoms with Gasteiger partial charge >= 0.3 is 11.9 Å². The first kappa shape index (κ1) is 22.2. The number of amides is 3. The van der Waals surface area contributed by atoms with Gasteiger partial charge in [-0.15, -0.1) is 11.3 Å². The summed E-state index contributed by atoms with van der Waals surface area (Å²) in [4.78, 5) is 61.4. The lowest BCUT2D eigenvalue weighted by molar-refractivity contribution is -0.121. The Morgan fingerprint density at radius 1 is 1.06 bits per heavy atom. The number of carbonyl (C=O) groups excluding carboxylic acids is 5. The number of imide groups is 1. The van der Waals surface area contributed by atoms with Crippen LogP contribution in [0.5, 0.6) is 0 Å². The average molecular weight is 444 g/mol. The summed E-state index contributed by atoms with van der Waals surface area (Å²) in [5.74, 6) is -2.48. The summed E-state index contributed by atoms with van der Waals surface area (Å²) in [5.41, 5.74) is 1.06. The van der Waals surface area contributed by atoms with Crippen molar-refractivity contribution in [1.29, 1.82) is 0 Å². The minimum atomic E-state index is -0.773. The molecule has 0 aliphatic carbocycles. The predicted octanol–water partition coefficient (Wildman–Crippen LogP) is 2.68. The fraction of sp³-hybridized carbons (Fsp3) is 0.286. The van der Waals surface area contributed by atoms with Crippen molar-refractivity contribution in [2.24, 2.45) is 0 Å². The maximum absolute atomic E-state index is 12.3. The monoisotopic (exact) mass is 444 g/mol. The van der Waals surface area contributed by atoms with E-state index in [1.165, 1.54) is 18.2 Å². The van der Waals surface area contributed by atoms with Crippen molar-refractivity contribution in [1.82, 2.24) is 0 Å². The number of nitrogens with zero attached hydrogens (tertiary/aromatic N) is 1. The smallest absolute Gasteiger partial charge is 0.348 e. The van der Waals surface area contributed by atoms with Crippen molar-refractivity contribution in [3.63, 3.8) is 0 Å². The standard InChI is InChI=1S/C21H20N2O7S/c1-3-29-21(28)19-12(2)9-16(31-19)22-15(24)11-30-20(27)13-5-4-6-14(10-13)23-17(25)7-8-18(23)26/h4-6,9-10H,3,7-8,11H2,1-2H3,(H,22,24). The molecule has 2 heterocycles. The Labute approximate surface area is 181 Å². The lowest BCUT2D eigenvalue weighted by Crippen LogP contribution is -2.28. The maximum atomic E-state index is 12.3. The number of hydrogen-bond acceptors (Lipinski definition) is 8. The number of anilines is 2. The summed E-state index contributed by atoms with van der Waals surface area (Å²) < 4.78 is 9.99. The molecule has 3 rings (SSSR count). The first-order valence-electron chi connectivity index (χ1n) is 9.50. The van der Waals surface area contributed by atoms with E-state index in [1.54, 1.807) is 26.0 Å². The number of aryl methyl sites for hydroxylation is 1. The van der Waals surface area contributed by atoms with Crippen molar-refractivity contribution >= 4 is 51.7 Å². The van der Waals surface area contributed by atoms with E-state index in [2.05, 4.69) is 5.32 Å². The number of nitrogens with one attached hydrogen (secondary N) is 1. The molecule has 2 aromatic rings. The van der Waals surface area contributed by atoms with Gasteiger partial charge in [0.15, 0.2) is 6.61 Å². The molecular weight excluding hydrogens is 424 g/mol. The highest BCUT2D eigenvalue weighted by Crippen LogP contribution is 2.27. The van der Waals surface area contributed by atoms with Crippen molar-refractivity contribution in [2.45, 2.75) is 26.7 Å². The van der Waals surface area contributed by atoms with Crippen LogP contribution in [0.1, 0.15) is 45.4 Å². The maximum Gasteiger partial charge on any atom is 0.348 e. The van der Waals surface area contributed by atoms with Crippen LogP contribution in [0.15, 0.2) is 30.3 Å². The molecule has 31 heavy (non-hydrogen) atoms. The van der Waals surface area contributed by atoms with Gasteiger partial charge in [-0.05, 0) is 43.7 Å². The summed E-state index contributed by atoms with van der Waals surface area (Å²) in [5, 5.41) is 3.00. The highest BCUT2D eigenvalue weighted by Gasteiger charge is 2.30. The van der Waals surface area contributed by atoms with Crippen molar-refractivity contribution in [3.05, 3.63) is 46.3 Å². The molecule has 1 fully saturated rings. The normalized spacial score (nSPS) is 13.3. The number of esters is 2. The van der Waals surface area contributed by atoms with Crippen molar-refractivity contribution < 1.29 is 33.4 Å². The lowest BCUT2D eigenvalue weighted by atomic mass is 10.2. The van der Waals surface area contributed by atoms with Gasteiger partial charge in [0.05, 0.1) is 22.9 Å². The summed E-state index contributed by atoms with van der Waals surface area (Å²) in [6, 6.07) is 7.53. The first-order chi connectivity index (χ1) is 14.8. The van der Waals surface area contributed by atoms with Gasteiger partial charge in [-0.25, -0.2) is 9.59 Å². The molecule has 1 aromatic carbocycles. The van der Waals surface area contributed by atoms with Crippen LogP contribution in [0.25, 0.3) is 0 Å². The zero-order valence-corrected chi connectivity index (χ0v) is 17.7. The second-order valence-corrected chi connectivity index (χ2v) is 7.69. The van der Waals surface area contributed by atoms with Crippen LogP contribution in [0, 0.1) is 6.92 Å². The molecule has 0 radical (unpaired) electrons. The molecule has 1 aromatic heterocycles. The van der Waals surface area contributed by atoms with E-state index in [9.17, 15) is 24.0 Å². The molecule has 1 aliphatic heterocycles. The molecule has 1 N–H and O–H groups in total. The van der Waals surface area contributed by atoms with E-state index in [4.69, 9.17) is 9.47 Å². The molecule has 0 atom stereocenters. The molecule has 0 unspecified atom stereocenters. The minimum Gasteiger partial charge on any atom is -0.462 e. The molecular formula is C21H20N2O7S. The van der Waals surface area contributed by atoms with Crippen molar-refractivity contribution in [3.8, 4) is 0 Å². The summed E-state index contributed by atoms with van der Waals surface area (Å²) in [6.45, 7) is 3.13. The molecule has 10 heteroatoms. The SMILES string of the molecule is CCOC(=O)c1sc(NC(=O)COC(=O)c2cccc(N3C(=O)CCC3=O)c2)cc1C. The second kappa shape index (κ2) is 9.52. The van der Waals surface area contributed by atoms with Crippen LogP contribution in [0.4, 0.5) is 10.7 Å². The summed E-state index contributed by atoms with van der Waals surface area (Å²) in [7, 11) is 0. The number of carbonyl (C=O) groups is 5. The Kier molecular flexibility index (Phi) is 6.81. The summed E-state index contributed by atoms with van der Waals surface area (Å²) in [6.07, 6.45) is 0.265. The molecule has 0 bridgehead atoms. The molecule has 162 valence electrons. The number of benzene rings is 1. The predicted molar refractivity (Wildman–Crippen MR) is 112 cm³/mol. The molecule has 3 amide bonds. The fourth-order valence-corrected chi connectivity index (χ4v) is 3.95. The quantitative estimate of drug-likeness (QED) is 0.515. The third-order valence-corrected chi connectivity index (χ3v) is 5.50. The van der Waals surface area contributed by atoms with Gasteiger partial charge < -0.3 is 14.8 Å². The Balaban J connectivity index is 1.59. The van der Waals surface area contributed by atoms with Gasteiger partial charge in [0, 0.05) is 12.8 Å². The number of rotatable bonds is 7. The van der Waals surface area contributed by atoms with Crippen molar-refractivity contribution in [2.75, 3.05) is 23.4 Å². The van der Waals surface area contributed by atoms with Crippen LogP contribution in [-0.4, -0.2) is 42.9 Å². The van der Waals surface area contributed by atoms with E-state index in [0.717, 1.165) is 16.2 Å².